The van der Waals surface area contributed by atoms with Crippen molar-refractivity contribution in [3.8, 4) is 5.88 Å². The molecule has 0 bridgehead atoms. The molecule has 2 heterocycles. The van der Waals surface area contributed by atoms with Crippen LogP contribution >= 0.6 is 0 Å². The van der Waals surface area contributed by atoms with Crippen molar-refractivity contribution in [1.82, 2.24) is 4.40 Å². The molecule has 0 amide bonds. The van der Waals surface area contributed by atoms with Gasteiger partial charge >= 0.3 is 11.7 Å². The van der Waals surface area contributed by atoms with E-state index >= 15 is 0 Å². The highest BCUT2D eigenvalue weighted by molar-refractivity contribution is 5.48. The molecule has 162 valence electrons. The predicted molar refractivity (Wildman–Crippen MR) is 115 cm³/mol. The maximum atomic E-state index is 13.1. The smallest absolute Gasteiger partial charge is 0.416 e. The number of rotatable bonds is 5. The maximum absolute atomic E-state index is 13.1. The fourth-order valence-electron chi connectivity index (χ4n) is 3.59. The number of pyridine rings is 1. The SMILES string of the molecule is O=c1c(Cc2cccc(C(F)(F)F)c2)c(O)[n+](CC=Cc2ccccc2)c2ccccn12. The highest BCUT2D eigenvalue weighted by Gasteiger charge is 2.31. The van der Waals surface area contributed by atoms with E-state index in [-0.39, 0.29) is 30.0 Å². The van der Waals surface area contributed by atoms with Crippen LogP contribution < -0.4 is 10.1 Å². The summed E-state index contributed by atoms with van der Waals surface area (Å²) in [6, 6.07) is 19.5. The first-order chi connectivity index (χ1) is 15.3. The van der Waals surface area contributed by atoms with Crippen LogP contribution in [0.4, 0.5) is 13.2 Å². The van der Waals surface area contributed by atoms with Crippen molar-refractivity contribution in [2.75, 3.05) is 0 Å². The number of aromatic hydroxyl groups is 1. The van der Waals surface area contributed by atoms with Crippen LogP contribution in [0.5, 0.6) is 5.88 Å². The van der Waals surface area contributed by atoms with Crippen molar-refractivity contribution in [1.29, 1.82) is 0 Å². The number of hydrogen-bond acceptors (Lipinski definition) is 2. The van der Waals surface area contributed by atoms with E-state index in [1.54, 1.807) is 29.0 Å². The van der Waals surface area contributed by atoms with E-state index in [0.29, 0.717) is 5.65 Å². The van der Waals surface area contributed by atoms with Crippen LogP contribution in [0.15, 0.2) is 89.9 Å². The Morgan fingerprint density at radius 1 is 0.969 bits per heavy atom. The molecule has 2 aromatic heterocycles. The van der Waals surface area contributed by atoms with Gasteiger partial charge in [-0.1, -0.05) is 60.7 Å². The highest BCUT2D eigenvalue weighted by atomic mass is 19.4. The molecule has 0 saturated carbocycles. The number of hydrogen-bond donors (Lipinski definition) is 1. The van der Waals surface area contributed by atoms with Gasteiger partial charge in [-0.3, -0.25) is 0 Å². The summed E-state index contributed by atoms with van der Waals surface area (Å²) in [7, 11) is 0. The minimum absolute atomic E-state index is 0.0288. The van der Waals surface area contributed by atoms with Crippen molar-refractivity contribution in [3.05, 3.63) is 118 Å². The summed E-state index contributed by atoms with van der Waals surface area (Å²) in [5, 5.41) is 10.9. The Hall–Kier alpha value is -3.87. The summed E-state index contributed by atoms with van der Waals surface area (Å²) < 4.78 is 42.2. The second kappa shape index (κ2) is 8.70. The lowest BCUT2D eigenvalue weighted by Gasteiger charge is -2.10. The molecule has 0 saturated heterocycles. The molecule has 0 atom stereocenters. The van der Waals surface area contributed by atoms with Gasteiger partial charge in [0.1, 0.15) is 12.1 Å². The van der Waals surface area contributed by atoms with Gasteiger partial charge in [-0.05, 0) is 29.3 Å². The second-order valence-corrected chi connectivity index (χ2v) is 7.33. The average molecular weight is 437 g/mol. The first kappa shape index (κ1) is 21.4. The van der Waals surface area contributed by atoms with Crippen LogP contribution in [-0.4, -0.2) is 9.51 Å². The van der Waals surface area contributed by atoms with E-state index in [9.17, 15) is 23.1 Å². The number of nitrogens with zero attached hydrogens (tertiary/aromatic N) is 2. The van der Waals surface area contributed by atoms with Gasteiger partial charge in [0, 0.05) is 12.5 Å². The Labute approximate surface area is 182 Å². The summed E-state index contributed by atoms with van der Waals surface area (Å²) in [6.07, 6.45) is 0.696. The standard InChI is InChI=1S/C25H19F3N2O2/c26-25(27,28)20-12-6-10-19(16-20)17-21-23(31)29-14-5-4-13-22(29)30(24(21)32)15-7-11-18-8-2-1-3-9-18/h1-14,16H,15,17H2/p+1. The molecule has 0 aliphatic heterocycles. The lowest BCUT2D eigenvalue weighted by atomic mass is 10.0. The quantitative estimate of drug-likeness (QED) is 0.464. The fraction of sp³-hybridized carbons (Fsp3) is 0.120. The molecular weight excluding hydrogens is 417 g/mol. The molecule has 4 nitrogen and oxygen atoms in total. The van der Waals surface area contributed by atoms with Crippen LogP contribution in [0.3, 0.4) is 0 Å². The molecule has 32 heavy (non-hydrogen) atoms. The third-order valence-electron chi connectivity index (χ3n) is 5.15. The Balaban J connectivity index is 1.77. The van der Waals surface area contributed by atoms with Gasteiger partial charge < -0.3 is 5.11 Å². The van der Waals surface area contributed by atoms with E-state index < -0.39 is 17.3 Å². The Kier molecular flexibility index (Phi) is 5.81. The van der Waals surface area contributed by atoms with Crippen molar-refractivity contribution in [2.24, 2.45) is 0 Å². The zero-order chi connectivity index (χ0) is 22.7. The zero-order valence-corrected chi connectivity index (χ0v) is 17.0. The van der Waals surface area contributed by atoms with Gasteiger partial charge in [-0.25, -0.2) is 4.79 Å². The molecule has 0 aliphatic rings. The molecule has 4 rings (SSSR count). The van der Waals surface area contributed by atoms with Crippen molar-refractivity contribution < 1.29 is 22.8 Å². The van der Waals surface area contributed by atoms with Gasteiger partial charge in [0.05, 0.1) is 11.8 Å². The Morgan fingerprint density at radius 2 is 1.72 bits per heavy atom. The number of alkyl halides is 3. The minimum Gasteiger partial charge on any atom is -0.477 e. The van der Waals surface area contributed by atoms with Crippen LogP contribution in [0.1, 0.15) is 22.3 Å². The zero-order valence-electron chi connectivity index (χ0n) is 17.0. The van der Waals surface area contributed by atoms with E-state index in [0.717, 1.165) is 17.7 Å². The summed E-state index contributed by atoms with van der Waals surface area (Å²) >= 11 is 0. The Bertz CT molecular complexity index is 1340. The van der Waals surface area contributed by atoms with E-state index in [1.165, 1.54) is 16.5 Å². The normalized spacial score (nSPS) is 12.0. The predicted octanol–water partition coefficient (Wildman–Crippen LogP) is 4.62. The van der Waals surface area contributed by atoms with Crippen LogP contribution in [0, 0.1) is 0 Å². The molecule has 0 unspecified atom stereocenters. The number of allylic oxidation sites excluding steroid dienone is 1. The number of aromatic nitrogens is 2. The van der Waals surface area contributed by atoms with Crippen LogP contribution in [-0.2, 0) is 19.1 Å². The lowest BCUT2D eigenvalue weighted by molar-refractivity contribution is -0.671. The summed E-state index contributed by atoms with van der Waals surface area (Å²) in [5.74, 6) is -0.267. The van der Waals surface area contributed by atoms with E-state index in [1.807, 2.05) is 42.5 Å². The largest absolute Gasteiger partial charge is 0.477 e. The first-order valence-corrected chi connectivity index (χ1v) is 9.97. The lowest BCUT2D eigenvalue weighted by Crippen LogP contribution is -2.41. The van der Waals surface area contributed by atoms with E-state index in [4.69, 9.17) is 0 Å². The molecule has 0 aliphatic carbocycles. The third-order valence-corrected chi connectivity index (χ3v) is 5.15. The topological polar surface area (TPSA) is 45.6 Å². The molecule has 2 aromatic carbocycles. The highest BCUT2D eigenvalue weighted by Crippen LogP contribution is 2.30. The molecule has 4 aromatic rings. The second-order valence-electron chi connectivity index (χ2n) is 7.33. The fourth-order valence-corrected chi connectivity index (χ4v) is 3.59. The van der Waals surface area contributed by atoms with E-state index in [2.05, 4.69) is 0 Å². The number of halogens is 3. The third kappa shape index (κ3) is 4.42. The van der Waals surface area contributed by atoms with Gasteiger partial charge in [0.2, 0.25) is 0 Å². The van der Waals surface area contributed by atoms with Crippen molar-refractivity contribution >= 4 is 11.7 Å². The number of fused-ring (bicyclic) bond motifs is 1. The summed E-state index contributed by atoms with van der Waals surface area (Å²) in [6.45, 7) is 0.268. The molecule has 0 spiro atoms. The number of benzene rings is 2. The molecule has 1 N–H and O–H groups in total. The monoisotopic (exact) mass is 437 g/mol. The molecule has 0 fully saturated rings. The maximum Gasteiger partial charge on any atom is 0.416 e. The molecule has 0 radical (unpaired) electrons. The first-order valence-electron chi connectivity index (χ1n) is 9.97. The summed E-state index contributed by atoms with van der Waals surface area (Å²) in [4.78, 5) is 13.0. The molecular formula is C25H20F3N2O2+. The summed E-state index contributed by atoms with van der Waals surface area (Å²) in [5.41, 5.74) is 0.498. The van der Waals surface area contributed by atoms with Crippen molar-refractivity contribution in [3.63, 3.8) is 0 Å². The van der Waals surface area contributed by atoms with Gasteiger partial charge in [-0.2, -0.15) is 22.1 Å². The van der Waals surface area contributed by atoms with Crippen molar-refractivity contribution in [2.45, 2.75) is 19.1 Å². The van der Waals surface area contributed by atoms with Gasteiger partial charge in [0.25, 0.3) is 11.5 Å². The Morgan fingerprint density at radius 3 is 2.47 bits per heavy atom. The minimum atomic E-state index is -4.49. The van der Waals surface area contributed by atoms with Gasteiger partial charge in [0.15, 0.2) is 0 Å². The average Bonchev–Trinajstić information content (AvgIpc) is 2.79. The van der Waals surface area contributed by atoms with Crippen LogP contribution in [0.2, 0.25) is 0 Å². The van der Waals surface area contributed by atoms with Crippen LogP contribution in [0.25, 0.3) is 11.7 Å². The van der Waals surface area contributed by atoms with Gasteiger partial charge in [-0.15, -0.1) is 0 Å². The molecule has 7 heteroatoms.